The summed E-state index contributed by atoms with van der Waals surface area (Å²) in [5.74, 6) is -5.73. The summed E-state index contributed by atoms with van der Waals surface area (Å²) in [7, 11) is -0.0602. The van der Waals surface area contributed by atoms with E-state index in [9.17, 15) is 37.2 Å². The molecule has 2 aromatic rings. The molecule has 0 saturated carbocycles. The van der Waals surface area contributed by atoms with E-state index >= 15 is 0 Å². The van der Waals surface area contributed by atoms with Gasteiger partial charge in [-0.3, -0.25) is 34.1 Å². The molecular formula is C41H57N3O13S. The van der Waals surface area contributed by atoms with Crippen LogP contribution in [-0.4, -0.2) is 101 Å². The number of amides is 1. The monoisotopic (exact) mass is 831 g/mol. The second-order valence-corrected chi connectivity index (χ2v) is 16.6. The number of nitrogens with one attached hydrogen (secondary N) is 2. The number of nitrogens with zero attached hydrogens (tertiary/aromatic N) is 1. The lowest BCUT2D eigenvalue weighted by Crippen LogP contribution is -2.56. The molecule has 17 heteroatoms. The van der Waals surface area contributed by atoms with Gasteiger partial charge in [-0.25, -0.2) is 8.42 Å². The molecule has 0 radical (unpaired) electrons. The van der Waals surface area contributed by atoms with Crippen molar-refractivity contribution in [2.24, 2.45) is 0 Å². The van der Waals surface area contributed by atoms with E-state index in [1.54, 1.807) is 30.3 Å². The standard InChI is InChI=1S/C41H57N3O13S/c1-10-12-19-41(20-13-11-2)24-58(51,52)35-18-17-32(44(8)9)22-33(35)36(43-41)30-15-14-16-31(21-30)42-40(50)39(57-29(7)49)38(56-28(6)48)37(55-27(5)47)34(54-26(4)46)23-53-25(3)45/h14-18,21-22,34,36-39,43H,10-13,19-20,23-24H2,1-9H3,(H,42,50)/t34-,36?,37-,38+,39-/m1/s1. The van der Waals surface area contributed by atoms with Crippen molar-refractivity contribution in [1.29, 1.82) is 0 Å². The van der Waals surface area contributed by atoms with Crippen molar-refractivity contribution in [2.75, 3.05) is 36.7 Å². The molecule has 0 aliphatic carbocycles. The maximum Gasteiger partial charge on any atom is 0.303 e. The molecule has 1 amide bonds. The Balaban J connectivity index is 2.20. The first-order valence-electron chi connectivity index (χ1n) is 19.3. The Morgan fingerprint density at radius 3 is 1.91 bits per heavy atom. The average molecular weight is 832 g/mol. The number of hydrogen-bond donors (Lipinski definition) is 2. The second kappa shape index (κ2) is 21.1. The first-order chi connectivity index (χ1) is 27.2. The highest BCUT2D eigenvalue weighted by molar-refractivity contribution is 7.91. The van der Waals surface area contributed by atoms with E-state index < -0.39 is 88.2 Å². The number of anilines is 2. The fourth-order valence-corrected chi connectivity index (χ4v) is 9.07. The maximum absolute atomic E-state index is 14.2. The van der Waals surface area contributed by atoms with Crippen molar-refractivity contribution in [1.82, 2.24) is 5.32 Å². The fourth-order valence-electron chi connectivity index (χ4n) is 7.00. The molecule has 5 atom stereocenters. The Hall–Kier alpha value is -5.03. The number of unbranched alkanes of at least 4 members (excludes halogenated alkanes) is 2. The van der Waals surface area contributed by atoms with Crippen LogP contribution in [0, 0.1) is 0 Å². The van der Waals surface area contributed by atoms with Crippen molar-refractivity contribution >= 4 is 57.0 Å². The highest BCUT2D eigenvalue weighted by Gasteiger charge is 2.47. The van der Waals surface area contributed by atoms with E-state index in [1.807, 2.05) is 31.1 Å². The first-order valence-corrected chi connectivity index (χ1v) is 20.9. The van der Waals surface area contributed by atoms with Crippen LogP contribution in [0.3, 0.4) is 0 Å². The summed E-state index contributed by atoms with van der Waals surface area (Å²) in [6.07, 6.45) is -2.82. The van der Waals surface area contributed by atoms with E-state index in [2.05, 4.69) is 24.5 Å². The Morgan fingerprint density at radius 2 is 1.38 bits per heavy atom. The second-order valence-electron chi connectivity index (χ2n) is 14.7. The summed E-state index contributed by atoms with van der Waals surface area (Å²) in [6.45, 7) is 8.55. The van der Waals surface area contributed by atoms with Gasteiger partial charge in [-0.05, 0) is 54.3 Å². The lowest BCUT2D eigenvalue weighted by molar-refractivity contribution is -0.202. The van der Waals surface area contributed by atoms with Gasteiger partial charge in [0.15, 0.2) is 28.1 Å². The molecule has 2 N–H and O–H groups in total. The molecule has 0 spiro atoms. The van der Waals surface area contributed by atoms with E-state index in [-0.39, 0.29) is 16.3 Å². The minimum Gasteiger partial charge on any atom is -0.462 e. The maximum atomic E-state index is 14.2. The van der Waals surface area contributed by atoms with Crippen LogP contribution in [0.5, 0.6) is 0 Å². The molecule has 0 saturated heterocycles. The zero-order valence-corrected chi connectivity index (χ0v) is 35.6. The predicted octanol–water partition coefficient (Wildman–Crippen LogP) is 4.57. The van der Waals surface area contributed by atoms with Crippen molar-refractivity contribution in [3.63, 3.8) is 0 Å². The minimum absolute atomic E-state index is 0.0991. The Kier molecular flexibility index (Phi) is 17.2. The minimum atomic E-state index is -3.78. The lowest BCUT2D eigenvalue weighted by atomic mass is 9.86. The van der Waals surface area contributed by atoms with Gasteiger partial charge in [0.25, 0.3) is 5.91 Å². The van der Waals surface area contributed by atoms with Crippen LogP contribution in [0.4, 0.5) is 11.4 Å². The van der Waals surface area contributed by atoms with Gasteiger partial charge in [-0.1, -0.05) is 51.7 Å². The molecule has 1 unspecified atom stereocenters. The van der Waals surface area contributed by atoms with Crippen LogP contribution in [-0.2, 0) is 62.3 Å². The quantitative estimate of drug-likeness (QED) is 0.147. The summed E-state index contributed by atoms with van der Waals surface area (Å²) >= 11 is 0. The van der Waals surface area contributed by atoms with Crippen LogP contribution < -0.4 is 15.5 Å². The molecule has 3 rings (SSSR count). The van der Waals surface area contributed by atoms with Gasteiger partial charge in [0.05, 0.1) is 16.7 Å². The highest BCUT2D eigenvalue weighted by atomic mass is 32.2. The van der Waals surface area contributed by atoms with Gasteiger partial charge < -0.3 is 33.9 Å². The number of hydrogen-bond acceptors (Lipinski definition) is 15. The Labute approximate surface area is 340 Å². The number of benzene rings is 2. The Bertz CT molecular complexity index is 1910. The van der Waals surface area contributed by atoms with Crippen molar-refractivity contribution in [3.8, 4) is 0 Å². The third-order valence-corrected chi connectivity index (χ3v) is 11.5. The van der Waals surface area contributed by atoms with E-state index in [1.165, 1.54) is 0 Å². The molecule has 0 bridgehead atoms. The molecule has 1 aliphatic rings. The molecule has 2 aromatic carbocycles. The van der Waals surface area contributed by atoms with E-state index in [0.29, 0.717) is 24.0 Å². The predicted molar refractivity (Wildman–Crippen MR) is 214 cm³/mol. The molecule has 16 nitrogen and oxygen atoms in total. The lowest BCUT2D eigenvalue weighted by Gasteiger charge is -2.37. The number of carbonyl (C=O) groups excluding carboxylic acids is 6. The zero-order valence-electron chi connectivity index (χ0n) is 34.7. The number of carbonyl (C=O) groups is 6. The van der Waals surface area contributed by atoms with Crippen LogP contribution in [0.2, 0.25) is 0 Å². The van der Waals surface area contributed by atoms with E-state index in [4.69, 9.17) is 23.7 Å². The zero-order chi connectivity index (χ0) is 43.4. The summed E-state index contributed by atoms with van der Waals surface area (Å²) in [5.41, 5.74) is 1.34. The number of fused-ring (bicyclic) bond motifs is 1. The van der Waals surface area contributed by atoms with Gasteiger partial charge in [-0.15, -0.1) is 0 Å². The SMILES string of the molecule is CCCCC1(CCCC)CS(=O)(=O)c2ccc(N(C)C)cc2C(c2cccc(NC(=O)[C@H](OC(C)=O)[C@@H](OC(C)=O)[C@H](OC(C)=O)[C@@H](COC(C)=O)OC(C)=O)c2)N1. The summed E-state index contributed by atoms with van der Waals surface area (Å²) in [6, 6.07) is 11.3. The number of ether oxygens (including phenoxy) is 5. The van der Waals surface area contributed by atoms with E-state index in [0.717, 1.165) is 66.0 Å². The van der Waals surface area contributed by atoms with Gasteiger partial charge in [-0.2, -0.15) is 0 Å². The molecule has 0 fully saturated rings. The molecule has 0 aromatic heterocycles. The van der Waals surface area contributed by atoms with Gasteiger partial charge in [0.1, 0.15) is 6.61 Å². The largest absolute Gasteiger partial charge is 0.462 e. The molecule has 1 aliphatic heterocycles. The van der Waals surface area contributed by atoms with Gasteiger partial charge >= 0.3 is 29.8 Å². The van der Waals surface area contributed by atoms with Crippen LogP contribution in [0.15, 0.2) is 47.4 Å². The van der Waals surface area contributed by atoms with Crippen LogP contribution in [0.25, 0.3) is 0 Å². The topological polar surface area (TPSA) is 210 Å². The summed E-state index contributed by atoms with van der Waals surface area (Å²) in [5, 5.41) is 6.48. The smallest absolute Gasteiger partial charge is 0.303 e. The van der Waals surface area contributed by atoms with Crippen LogP contribution >= 0.6 is 0 Å². The molecular weight excluding hydrogens is 775 g/mol. The fraction of sp³-hybridized carbons (Fsp3) is 0.561. The number of esters is 5. The van der Waals surface area contributed by atoms with Crippen molar-refractivity contribution in [3.05, 3.63) is 53.6 Å². The molecule has 320 valence electrons. The summed E-state index contributed by atoms with van der Waals surface area (Å²) < 4.78 is 55.1. The Morgan fingerprint density at radius 1 is 0.793 bits per heavy atom. The van der Waals surface area contributed by atoms with Crippen LogP contribution in [0.1, 0.15) is 104 Å². The van der Waals surface area contributed by atoms with Crippen molar-refractivity contribution < 1.29 is 60.9 Å². The summed E-state index contributed by atoms with van der Waals surface area (Å²) in [4.78, 5) is 77.5. The third-order valence-electron chi connectivity index (χ3n) is 9.49. The molecule has 1 heterocycles. The van der Waals surface area contributed by atoms with Gasteiger partial charge in [0, 0.05) is 65.6 Å². The molecule has 58 heavy (non-hydrogen) atoms. The number of rotatable bonds is 19. The third kappa shape index (κ3) is 13.3. The average Bonchev–Trinajstić information content (AvgIpc) is 3.23. The first kappa shape index (κ1) is 47.3. The normalized spacial score (nSPS) is 17.4. The van der Waals surface area contributed by atoms with Gasteiger partial charge in [0.2, 0.25) is 6.10 Å². The number of sulfone groups is 1. The highest BCUT2D eigenvalue weighted by Crippen LogP contribution is 2.40. The van der Waals surface area contributed by atoms with Crippen molar-refractivity contribution in [2.45, 2.75) is 128 Å².